The van der Waals surface area contributed by atoms with Gasteiger partial charge in [0.05, 0.1) is 5.69 Å². The molecule has 0 fully saturated rings. The van der Waals surface area contributed by atoms with Crippen molar-refractivity contribution in [2.45, 2.75) is 26.3 Å². The van der Waals surface area contributed by atoms with E-state index in [1.165, 1.54) is 12.1 Å². The van der Waals surface area contributed by atoms with Crippen LogP contribution in [-0.4, -0.2) is 30.1 Å². The number of amides is 2. The van der Waals surface area contributed by atoms with Gasteiger partial charge in [-0.25, -0.2) is 9.18 Å². The van der Waals surface area contributed by atoms with Crippen LogP contribution in [0, 0.1) is 5.82 Å². The minimum atomic E-state index is -0.437. The van der Waals surface area contributed by atoms with Gasteiger partial charge in [0, 0.05) is 12.6 Å². The molecule has 5 heteroatoms. The second-order valence-electron chi connectivity index (χ2n) is 4.34. The van der Waals surface area contributed by atoms with Crippen molar-refractivity contribution >= 4 is 11.7 Å². The first kappa shape index (κ1) is 14.4. The lowest BCUT2D eigenvalue weighted by molar-refractivity contribution is 0.196. The van der Waals surface area contributed by atoms with Crippen molar-refractivity contribution in [3.05, 3.63) is 30.1 Å². The van der Waals surface area contributed by atoms with E-state index in [4.69, 9.17) is 5.73 Å². The lowest BCUT2D eigenvalue weighted by Crippen LogP contribution is -2.41. The average molecular weight is 253 g/mol. The normalized spacial score (nSPS) is 10.5. The van der Waals surface area contributed by atoms with Gasteiger partial charge in [0.25, 0.3) is 0 Å². The third-order valence-electron chi connectivity index (χ3n) is 2.60. The predicted octanol–water partition coefficient (Wildman–Crippen LogP) is 2.42. The Kier molecular flexibility index (Phi) is 5.58. The zero-order valence-electron chi connectivity index (χ0n) is 10.8. The summed E-state index contributed by atoms with van der Waals surface area (Å²) in [5, 5.41) is 2.57. The van der Waals surface area contributed by atoms with E-state index in [-0.39, 0.29) is 17.8 Å². The summed E-state index contributed by atoms with van der Waals surface area (Å²) in [6.07, 6.45) is 0.725. The largest absolute Gasteiger partial charge is 0.330 e. The molecule has 1 aromatic rings. The maximum Gasteiger partial charge on any atom is 0.322 e. The Bertz CT molecular complexity index is 396. The number of carbonyl (C=O) groups excluding carboxylic acids is 1. The number of hydrogen-bond acceptors (Lipinski definition) is 2. The number of hydrogen-bond donors (Lipinski definition) is 2. The zero-order chi connectivity index (χ0) is 13.5. The van der Waals surface area contributed by atoms with E-state index in [1.807, 2.05) is 13.8 Å². The zero-order valence-corrected chi connectivity index (χ0v) is 10.8. The van der Waals surface area contributed by atoms with Gasteiger partial charge in [0.2, 0.25) is 0 Å². The van der Waals surface area contributed by atoms with Crippen molar-refractivity contribution < 1.29 is 9.18 Å². The van der Waals surface area contributed by atoms with E-state index in [9.17, 15) is 9.18 Å². The highest BCUT2D eigenvalue weighted by molar-refractivity contribution is 5.89. The minimum absolute atomic E-state index is 0.0447. The highest BCUT2D eigenvalue weighted by Crippen LogP contribution is 2.14. The van der Waals surface area contributed by atoms with Gasteiger partial charge in [-0.2, -0.15) is 0 Å². The maximum absolute atomic E-state index is 13.4. The van der Waals surface area contributed by atoms with Crippen molar-refractivity contribution in [3.8, 4) is 0 Å². The molecular weight excluding hydrogens is 233 g/mol. The van der Waals surface area contributed by atoms with Crippen LogP contribution in [0.5, 0.6) is 0 Å². The van der Waals surface area contributed by atoms with Gasteiger partial charge in [-0.3, -0.25) is 0 Å². The number of halogens is 1. The number of rotatable bonds is 5. The molecule has 0 aliphatic heterocycles. The van der Waals surface area contributed by atoms with Gasteiger partial charge in [0.1, 0.15) is 5.82 Å². The number of nitrogens with zero attached hydrogens (tertiary/aromatic N) is 1. The highest BCUT2D eigenvalue weighted by atomic mass is 19.1. The van der Waals surface area contributed by atoms with Crippen LogP contribution < -0.4 is 11.1 Å². The Labute approximate surface area is 107 Å². The summed E-state index contributed by atoms with van der Waals surface area (Å²) in [5.74, 6) is -0.437. The fourth-order valence-corrected chi connectivity index (χ4v) is 1.61. The molecular formula is C13H20FN3O. The van der Waals surface area contributed by atoms with Gasteiger partial charge in [-0.15, -0.1) is 0 Å². The number of nitrogens with two attached hydrogens (primary N) is 1. The van der Waals surface area contributed by atoms with Crippen LogP contribution in [0.3, 0.4) is 0 Å². The summed E-state index contributed by atoms with van der Waals surface area (Å²) in [5.41, 5.74) is 5.63. The van der Waals surface area contributed by atoms with Crippen LogP contribution in [0.25, 0.3) is 0 Å². The molecule has 0 aliphatic carbocycles. The number of anilines is 1. The van der Waals surface area contributed by atoms with Crippen LogP contribution in [0.4, 0.5) is 14.9 Å². The third-order valence-corrected chi connectivity index (χ3v) is 2.60. The predicted molar refractivity (Wildman–Crippen MR) is 70.9 cm³/mol. The molecule has 2 amide bonds. The lowest BCUT2D eigenvalue weighted by atomic mass is 10.3. The van der Waals surface area contributed by atoms with Gasteiger partial charge in [-0.1, -0.05) is 12.1 Å². The molecule has 1 rings (SSSR count). The average Bonchev–Trinajstić information content (AvgIpc) is 2.32. The molecule has 0 saturated heterocycles. The van der Waals surface area contributed by atoms with Crippen molar-refractivity contribution in [2.24, 2.45) is 5.73 Å². The molecule has 1 aromatic carbocycles. The maximum atomic E-state index is 13.4. The first-order chi connectivity index (χ1) is 8.56. The molecule has 0 radical (unpaired) electrons. The molecule has 0 saturated carbocycles. The van der Waals surface area contributed by atoms with Crippen LogP contribution in [0.15, 0.2) is 24.3 Å². The molecule has 0 bridgehead atoms. The molecule has 0 aromatic heterocycles. The van der Waals surface area contributed by atoms with E-state index in [0.717, 1.165) is 6.42 Å². The summed E-state index contributed by atoms with van der Waals surface area (Å²) in [4.78, 5) is 13.7. The molecule has 4 nitrogen and oxygen atoms in total. The summed E-state index contributed by atoms with van der Waals surface area (Å²) in [6, 6.07) is 5.86. The summed E-state index contributed by atoms with van der Waals surface area (Å²) in [7, 11) is 0. The quantitative estimate of drug-likeness (QED) is 0.846. The molecule has 0 spiro atoms. The van der Waals surface area contributed by atoms with E-state index in [2.05, 4.69) is 5.32 Å². The first-order valence-electron chi connectivity index (χ1n) is 6.08. The van der Waals surface area contributed by atoms with E-state index >= 15 is 0 Å². The topological polar surface area (TPSA) is 58.4 Å². The lowest BCUT2D eigenvalue weighted by Gasteiger charge is -2.26. The van der Waals surface area contributed by atoms with Gasteiger partial charge in [0.15, 0.2) is 0 Å². The van der Waals surface area contributed by atoms with E-state index < -0.39 is 5.82 Å². The summed E-state index contributed by atoms with van der Waals surface area (Å²) >= 11 is 0. The van der Waals surface area contributed by atoms with Crippen molar-refractivity contribution in [2.75, 3.05) is 18.4 Å². The SMILES string of the molecule is CC(C)N(CCCN)C(=O)Nc1ccccc1F. The van der Waals surface area contributed by atoms with Crippen LogP contribution in [0.1, 0.15) is 20.3 Å². The number of carbonyl (C=O) groups is 1. The van der Waals surface area contributed by atoms with Crippen LogP contribution >= 0.6 is 0 Å². The highest BCUT2D eigenvalue weighted by Gasteiger charge is 2.17. The molecule has 0 heterocycles. The van der Waals surface area contributed by atoms with Gasteiger partial charge >= 0.3 is 6.03 Å². The van der Waals surface area contributed by atoms with E-state index in [1.54, 1.807) is 17.0 Å². The molecule has 0 atom stereocenters. The number of benzene rings is 1. The number of nitrogens with one attached hydrogen (secondary N) is 1. The summed E-state index contributed by atoms with van der Waals surface area (Å²) in [6.45, 7) is 4.92. The third kappa shape index (κ3) is 4.00. The molecule has 3 N–H and O–H groups in total. The van der Waals surface area contributed by atoms with Gasteiger partial charge in [-0.05, 0) is 38.9 Å². The summed E-state index contributed by atoms with van der Waals surface area (Å²) < 4.78 is 13.4. The standard InChI is InChI=1S/C13H20FN3O/c1-10(2)17(9-5-8-15)13(18)16-12-7-4-3-6-11(12)14/h3-4,6-7,10H,5,8-9,15H2,1-2H3,(H,16,18). The van der Waals surface area contributed by atoms with Crippen LogP contribution in [-0.2, 0) is 0 Å². The monoisotopic (exact) mass is 253 g/mol. The van der Waals surface area contributed by atoms with E-state index in [0.29, 0.717) is 13.1 Å². The van der Waals surface area contributed by atoms with Crippen LogP contribution in [0.2, 0.25) is 0 Å². The molecule has 100 valence electrons. The van der Waals surface area contributed by atoms with Crippen molar-refractivity contribution in [1.82, 2.24) is 4.90 Å². The molecule has 0 unspecified atom stereocenters. The minimum Gasteiger partial charge on any atom is -0.330 e. The first-order valence-corrected chi connectivity index (χ1v) is 6.08. The smallest absolute Gasteiger partial charge is 0.322 e. The van der Waals surface area contributed by atoms with Crippen molar-refractivity contribution in [3.63, 3.8) is 0 Å². The Hall–Kier alpha value is -1.62. The van der Waals surface area contributed by atoms with Gasteiger partial charge < -0.3 is 16.0 Å². The Morgan fingerprint density at radius 1 is 1.44 bits per heavy atom. The fourth-order valence-electron chi connectivity index (χ4n) is 1.61. The fraction of sp³-hybridized carbons (Fsp3) is 0.462. The number of urea groups is 1. The molecule has 18 heavy (non-hydrogen) atoms. The molecule has 0 aliphatic rings. The Balaban J connectivity index is 2.70. The Morgan fingerprint density at radius 2 is 2.11 bits per heavy atom. The second-order valence-corrected chi connectivity index (χ2v) is 4.34. The second kappa shape index (κ2) is 6.96. The van der Waals surface area contributed by atoms with Crippen molar-refractivity contribution in [1.29, 1.82) is 0 Å². The Morgan fingerprint density at radius 3 is 2.67 bits per heavy atom. The number of para-hydroxylation sites is 1.